The lowest BCUT2D eigenvalue weighted by Gasteiger charge is -2.43. The van der Waals surface area contributed by atoms with Crippen molar-refractivity contribution in [3.05, 3.63) is 70.2 Å². The average molecular weight is 566 g/mol. The van der Waals surface area contributed by atoms with Gasteiger partial charge in [-0.25, -0.2) is 8.78 Å². The van der Waals surface area contributed by atoms with Crippen LogP contribution in [0.15, 0.2) is 42.5 Å². The van der Waals surface area contributed by atoms with Crippen molar-refractivity contribution in [3.63, 3.8) is 0 Å². The molecule has 0 spiro atoms. The number of benzene rings is 2. The number of hydrogen-bond acceptors (Lipinski definition) is 6. The Morgan fingerprint density at radius 2 is 1.87 bits per heavy atom. The van der Waals surface area contributed by atoms with Crippen LogP contribution in [0.25, 0.3) is 0 Å². The number of amides is 1. The fourth-order valence-electron chi connectivity index (χ4n) is 5.59. The van der Waals surface area contributed by atoms with E-state index in [2.05, 4.69) is 5.32 Å². The minimum Gasteiger partial charge on any atom is -0.376 e. The highest BCUT2D eigenvalue weighted by Gasteiger charge is 2.58. The Morgan fingerprint density at radius 1 is 1.10 bits per heavy atom. The number of carbonyl (C=O) groups excluding carboxylic acids is 1. The molecular formula is C29H34ClF2NO6. The molecule has 2 heterocycles. The lowest BCUT2D eigenvalue weighted by atomic mass is 9.78. The smallest absolute Gasteiger partial charge is 0.252 e. The summed E-state index contributed by atoms with van der Waals surface area (Å²) in [5.74, 6) is -2.66. The van der Waals surface area contributed by atoms with Gasteiger partial charge in [-0.2, -0.15) is 0 Å². The first-order valence-corrected chi connectivity index (χ1v) is 13.7. The number of carbonyl (C=O) groups is 1. The van der Waals surface area contributed by atoms with E-state index in [1.54, 1.807) is 26.0 Å². The van der Waals surface area contributed by atoms with Crippen molar-refractivity contribution in [1.29, 1.82) is 0 Å². The molecule has 39 heavy (non-hydrogen) atoms. The minimum absolute atomic E-state index is 0.0589. The highest BCUT2D eigenvalue weighted by Crippen LogP contribution is 2.44. The number of nitrogens with one attached hydrogen (secondary N) is 1. The van der Waals surface area contributed by atoms with Crippen LogP contribution in [0.2, 0.25) is 5.02 Å². The van der Waals surface area contributed by atoms with Gasteiger partial charge in [0.25, 0.3) is 5.91 Å². The molecular weight excluding hydrogens is 532 g/mol. The van der Waals surface area contributed by atoms with Crippen LogP contribution in [0.3, 0.4) is 0 Å². The molecule has 2 unspecified atom stereocenters. The third-order valence-corrected chi connectivity index (χ3v) is 7.72. The van der Waals surface area contributed by atoms with Gasteiger partial charge in [0, 0.05) is 36.6 Å². The summed E-state index contributed by atoms with van der Waals surface area (Å²) in [6, 6.07) is 10.9. The van der Waals surface area contributed by atoms with Crippen molar-refractivity contribution in [2.75, 3.05) is 13.2 Å². The second kappa shape index (κ2) is 11.8. The predicted octanol–water partition coefficient (Wildman–Crippen LogP) is 5.07. The monoisotopic (exact) mass is 565 g/mol. The first kappa shape index (κ1) is 28.4. The summed E-state index contributed by atoms with van der Waals surface area (Å²) >= 11 is 6.17. The molecule has 7 nitrogen and oxygen atoms in total. The Balaban J connectivity index is 1.41. The molecule has 1 saturated carbocycles. The van der Waals surface area contributed by atoms with E-state index in [-0.39, 0.29) is 43.6 Å². The molecule has 1 aliphatic carbocycles. The maximum atomic E-state index is 14.4. The van der Waals surface area contributed by atoms with Gasteiger partial charge >= 0.3 is 0 Å². The zero-order valence-corrected chi connectivity index (χ0v) is 22.8. The van der Waals surface area contributed by atoms with Gasteiger partial charge in [-0.3, -0.25) is 4.79 Å². The highest BCUT2D eigenvalue weighted by atomic mass is 35.5. The molecule has 212 valence electrons. The van der Waals surface area contributed by atoms with Crippen molar-refractivity contribution in [1.82, 2.24) is 5.32 Å². The molecule has 2 saturated heterocycles. The summed E-state index contributed by atoms with van der Waals surface area (Å²) in [7, 11) is 0. The molecule has 10 heteroatoms. The fraction of sp³-hybridized carbons (Fsp3) is 0.552. The third-order valence-electron chi connectivity index (χ3n) is 7.49. The second-order valence-electron chi connectivity index (χ2n) is 10.9. The van der Waals surface area contributed by atoms with Gasteiger partial charge in [-0.05, 0) is 56.5 Å². The van der Waals surface area contributed by atoms with Gasteiger partial charge in [0.1, 0.15) is 17.7 Å². The fourth-order valence-corrected chi connectivity index (χ4v) is 5.80. The van der Waals surface area contributed by atoms with Crippen molar-refractivity contribution < 1.29 is 37.3 Å². The molecule has 2 aromatic rings. The van der Waals surface area contributed by atoms with E-state index in [1.165, 1.54) is 18.2 Å². The lowest BCUT2D eigenvalue weighted by molar-refractivity contribution is -0.184. The van der Waals surface area contributed by atoms with Gasteiger partial charge < -0.3 is 29.0 Å². The number of rotatable bonds is 9. The van der Waals surface area contributed by atoms with Crippen LogP contribution in [-0.2, 0) is 41.7 Å². The second-order valence-corrected chi connectivity index (χ2v) is 11.3. The molecule has 0 radical (unpaired) electrons. The van der Waals surface area contributed by atoms with Crippen molar-refractivity contribution in [3.8, 4) is 0 Å². The van der Waals surface area contributed by atoms with Gasteiger partial charge in [0.15, 0.2) is 11.4 Å². The summed E-state index contributed by atoms with van der Waals surface area (Å²) in [6.07, 6.45) is 0.235. The quantitative estimate of drug-likeness (QED) is 0.458. The van der Waals surface area contributed by atoms with E-state index in [9.17, 15) is 13.6 Å². The summed E-state index contributed by atoms with van der Waals surface area (Å²) in [5, 5.41) is 3.56. The van der Waals surface area contributed by atoms with Crippen LogP contribution >= 0.6 is 11.6 Å². The third kappa shape index (κ3) is 6.61. The van der Waals surface area contributed by atoms with Gasteiger partial charge in [0.2, 0.25) is 0 Å². The normalized spacial score (nSPS) is 29.8. The van der Waals surface area contributed by atoms with Crippen LogP contribution < -0.4 is 5.32 Å². The van der Waals surface area contributed by atoms with Crippen LogP contribution in [0.4, 0.5) is 8.78 Å². The molecule has 3 aliphatic rings. The Morgan fingerprint density at radius 3 is 2.59 bits per heavy atom. The lowest BCUT2D eigenvalue weighted by Crippen LogP contribution is -2.60. The maximum Gasteiger partial charge on any atom is 0.252 e. The summed E-state index contributed by atoms with van der Waals surface area (Å²) in [5.41, 5.74) is -0.749. The average Bonchev–Trinajstić information content (AvgIpc) is 3.52. The summed E-state index contributed by atoms with van der Waals surface area (Å²) < 4.78 is 59.3. The Labute approximate surface area is 232 Å². The number of ether oxygens (including phenoxy) is 5. The SMILES string of the molecule is CC1(C)O[C@@H]2C[C@@](OCc3cccc(Cl)c3)(C(=O)NCC3CCCO3)CC(OCc3c(F)cccc3F)[C@@H]2O1. The number of halogens is 3. The maximum absolute atomic E-state index is 14.4. The number of fused-ring (bicyclic) bond motifs is 1. The molecule has 2 aliphatic heterocycles. The Bertz CT molecular complexity index is 1160. The van der Waals surface area contributed by atoms with Crippen LogP contribution in [0.5, 0.6) is 0 Å². The Hall–Kier alpha value is -2.14. The summed E-state index contributed by atoms with van der Waals surface area (Å²) in [4.78, 5) is 13.9. The topological polar surface area (TPSA) is 75.3 Å². The molecule has 1 N–H and O–H groups in total. The van der Waals surface area contributed by atoms with E-state index in [0.29, 0.717) is 18.2 Å². The number of hydrogen-bond donors (Lipinski definition) is 1. The predicted molar refractivity (Wildman–Crippen MR) is 139 cm³/mol. The van der Waals surface area contributed by atoms with Crippen LogP contribution in [0, 0.1) is 11.6 Å². The first-order chi connectivity index (χ1) is 18.6. The minimum atomic E-state index is -1.36. The molecule has 5 atom stereocenters. The van der Waals surface area contributed by atoms with Crippen LogP contribution in [-0.4, -0.2) is 54.9 Å². The van der Waals surface area contributed by atoms with E-state index in [1.807, 2.05) is 12.1 Å². The first-order valence-electron chi connectivity index (χ1n) is 13.3. The molecule has 3 fully saturated rings. The van der Waals surface area contributed by atoms with E-state index in [4.69, 9.17) is 35.3 Å². The largest absolute Gasteiger partial charge is 0.376 e. The standard InChI is InChI=1S/C29H34ClF2NO6/c1-28(2)38-25-14-29(27(34)33-15-20-8-5-11-35-20,37-16-18-6-3-7-19(30)12-18)13-24(26(25)39-28)36-17-21-22(31)9-4-10-23(21)32/h3-4,6-7,9-10,12,20,24-26H,5,8,11,13-17H2,1-2H3,(H,33,34)/t20?,24?,25-,26+,29-/m1/s1. The molecule has 5 rings (SSSR count). The highest BCUT2D eigenvalue weighted by molar-refractivity contribution is 6.30. The van der Waals surface area contributed by atoms with Gasteiger partial charge in [0.05, 0.1) is 31.5 Å². The van der Waals surface area contributed by atoms with Gasteiger partial charge in [-0.1, -0.05) is 29.8 Å². The Kier molecular flexibility index (Phi) is 8.56. The molecule has 1 amide bonds. The zero-order chi connectivity index (χ0) is 27.6. The van der Waals surface area contributed by atoms with Crippen molar-refractivity contribution in [2.24, 2.45) is 0 Å². The molecule has 2 aromatic carbocycles. The molecule has 0 aromatic heterocycles. The van der Waals surface area contributed by atoms with Crippen LogP contribution in [0.1, 0.15) is 50.7 Å². The van der Waals surface area contributed by atoms with E-state index in [0.717, 1.165) is 18.4 Å². The van der Waals surface area contributed by atoms with Gasteiger partial charge in [-0.15, -0.1) is 0 Å². The summed E-state index contributed by atoms with van der Waals surface area (Å²) in [6.45, 7) is 4.37. The van der Waals surface area contributed by atoms with E-state index < -0.39 is 41.3 Å². The van der Waals surface area contributed by atoms with Crippen molar-refractivity contribution >= 4 is 17.5 Å². The van der Waals surface area contributed by atoms with E-state index >= 15 is 0 Å². The molecule has 0 bridgehead atoms. The van der Waals surface area contributed by atoms with Crippen molar-refractivity contribution in [2.45, 2.75) is 88.5 Å². The zero-order valence-electron chi connectivity index (χ0n) is 22.1.